The highest BCUT2D eigenvalue weighted by Gasteiger charge is 2.51. The number of aliphatic hydroxyl groups is 8. The monoisotopic (exact) mass is 660 g/mol. The lowest BCUT2D eigenvalue weighted by Gasteiger charge is -2.47. The van der Waals surface area contributed by atoms with Gasteiger partial charge in [0.15, 0.2) is 12.6 Å². The van der Waals surface area contributed by atoms with Crippen LogP contribution in [0.3, 0.4) is 0 Å². The Kier molecular flexibility index (Phi) is 16.1. The van der Waals surface area contributed by atoms with Crippen molar-refractivity contribution in [1.82, 2.24) is 0 Å². The van der Waals surface area contributed by atoms with E-state index in [-0.39, 0.29) is 5.57 Å². The van der Waals surface area contributed by atoms with E-state index >= 15 is 0 Å². The van der Waals surface area contributed by atoms with Crippen molar-refractivity contribution in [3.05, 3.63) is 47.6 Å². The molecule has 264 valence electrons. The number of carbonyl (C=O) groups is 1. The van der Waals surface area contributed by atoms with Crippen molar-refractivity contribution >= 4 is 5.97 Å². The average Bonchev–Trinajstić information content (AvgIpc) is 3.00. The fourth-order valence-electron chi connectivity index (χ4n) is 5.19. The van der Waals surface area contributed by atoms with Crippen LogP contribution in [-0.4, -0.2) is 138 Å². The van der Waals surface area contributed by atoms with Gasteiger partial charge in [-0.25, -0.2) is 4.79 Å². The third-order valence-corrected chi connectivity index (χ3v) is 8.26. The van der Waals surface area contributed by atoms with Crippen LogP contribution in [0.15, 0.2) is 47.6 Å². The van der Waals surface area contributed by atoms with Crippen LogP contribution in [-0.2, 0) is 23.7 Å². The van der Waals surface area contributed by atoms with Crippen molar-refractivity contribution < 1.29 is 69.7 Å². The van der Waals surface area contributed by atoms with E-state index < -0.39 is 92.3 Å². The Morgan fingerprint density at radius 2 is 1.43 bits per heavy atom. The largest absolute Gasteiger partial charge is 0.478 e. The number of allylic oxidation sites excluding steroid dienone is 3. The van der Waals surface area contributed by atoms with Gasteiger partial charge in [0, 0.05) is 5.57 Å². The molecule has 0 radical (unpaired) electrons. The van der Waals surface area contributed by atoms with Crippen molar-refractivity contribution in [2.75, 3.05) is 13.2 Å². The minimum absolute atomic E-state index is 0.0865. The highest BCUT2D eigenvalue weighted by atomic mass is 16.8. The SMILES string of the molecule is C=C[C@](C)(CC/C=C(\C)CC/C=C(\C)CC(O)/C=C(\C)C(=O)O)OC1OC(CO)C(O)C(O)C1OC1OC(CO)C(O)C(O)C1O. The fraction of sp³-hybridized carbons (Fsp3) is 0.719. The molecule has 0 spiro atoms. The standard InChI is InChI=1S/C32H52O14/c1-6-32(5,12-8-11-17(2)9-7-10-18(3)13-20(35)14-19(4)29(41)42)46-31-28(26(39)24(37)22(16-34)44-31)45-30-27(40)25(38)23(36)21(15-33)43-30/h6,10-11,14,20-28,30-31,33-40H,1,7-9,12-13,15-16H2,2-5H3,(H,41,42)/b17-11+,18-10+,19-14+/t20?,21?,22?,23?,24?,25?,26?,27?,28?,30?,31?,32-/m1/s1. The molecule has 2 heterocycles. The Labute approximate surface area is 269 Å². The van der Waals surface area contributed by atoms with E-state index in [0.29, 0.717) is 25.7 Å². The van der Waals surface area contributed by atoms with Gasteiger partial charge in [0.05, 0.1) is 24.9 Å². The second kappa shape index (κ2) is 18.5. The van der Waals surface area contributed by atoms with Gasteiger partial charge in [-0.3, -0.25) is 0 Å². The number of rotatable bonds is 17. The van der Waals surface area contributed by atoms with Crippen LogP contribution in [0.25, 0.3) is 0 Å². The first kappa shape index (κ1) is 40.1. The summed E-state index contributed by atoms with van der Waals surface area (Å²) < 4.78 is 23.1. The van der Waals surface area contributed by atoms with Crippen LogP contribution in [0.5, 0.6) is 0 Å². The van der Waals surface area contributed by atoms with Gasteiger partial charge in [-0.1, -0.05) is 29.4 Å². The summed E-state index contributed by atoms with van der Waals surface area (Å²) in [5.74, 6) is -1.07. The Bertz CT molecular complexity index is 1070. The molecule has 2 rings (SSSR count). The number of carboxylic acids is 1. The van der Waals surface area contributed by atoms with Crippen molar-refractivity contribution in [3.8, 4) is 0 Å². The zero-order chi connectivity index (χ0) is 34.8. The van der Waals surface area contributed by atoms with Gasteiger partial charge in [-0.05, 0) is 65.9 Å². The summed E-state index contributed by atoms with van der Waals surface area (Å²) >= 11 is 0. The minimum Gasteiger partial charge on any atom is -0.478 e. The Morgan fingerprint density at radius 1 is 0.870 bits per heavy atom. The Balaban J connectivity index is 2.06. The molecule has 12 atom stereocenters. The Morgan fingerprint density at radius 3 is 2.00 bits per heavy atom. The normalized spacial score (nSPS) is 35.0. The predicted octanol–water partition coefficient (Wildman–Crippen LogP) is -0.193. The summed E-state index contributed by atoms with van der Waals surface area (Å²) in [6.07, 6.45) is -6.76. The van der Waals surface area contributed by atoms with Gasteiger partial charge in [-0.15, -0.1) is 6.58 Å². The van der Waals surface area contributed by atoms with Crippen LogP contribution in [0.1, 0.15) is 59.8 Å². The first-order valence-electron chi connectivity index (χ1n) is 15.4. The molecule has 46 heavy (non-hydrogen) atoms. The van der Waals surface area contributed by atoms with Crippen LogP contribution < -0.4 is 0 Å². The maximum atomic E-state index is 10.9. The molecule has 0 aliphatic carbocycles. The topological polar surface area (TPSA) is 236 Å². The summed E-state index contributed by atoms with van der Waals surface area (Å²) in [4.78, 5) is 10.9. The molecule has 2 saturated heterocycles. The molecule has 0 bridgehead atoms. The van der Waals surface area contributed by atoms with E-state index in [1.54, 1.807) is 6.92 Å². The summed E-state index contributed by atoms with van der Waals surface area (Å²) in [5, 5.41) is 90.3. The van der Waals surface area contributed by atoms with Gasteiger partial charge >= 0.3 is 5.97 Å². The number of aliphatic hydroxyl groups excluding tert-OH is 8. The molecule has 11 unspecified atom stereocenters. The fourth-order valence-corrected chi connectivity index (χ4v) is 5.19. The van der Waals surface area contributed by atoms with Crippen LogP contribution in [0, 0.1) is 0 Å². The molecule has 14 nitrogen and oxygen atoms in total. The van der Waals surface area contributed by atoms with Crippen LogP contribution >= 0.6 is 0 Å². The number of hydrogen-bond donors (Lipinski definition) is 9. The van der Waals surface area contributed by atoms with Gasteiger partial charge in [0.25, 0.3) is 0 Å². The van der Waals surface area contributed by atoms with E-state index in [2.05, 4.69) is 6.58 Å². The van der Waals surface area contributed by atoms with E-state index in [9.17, 15) is 45.6 Å². The summed E-state index contributed by atoms with van der Waals surface area (Å²) in [6, 6.07) is 0. The lowest BCUT2D eigenvalue weighted by atomic mass is 9.95. The maximum Gasteiger partial charge on any atom is 0.331 e. The number of carboxylic acid groups (broad SMARTS) is 1. The molecule has 14 heteroatoms. The third-order valence-electron chi connectivity index (χ3n) is 8.26. The lowest BCUT2D eigenvalue weighted by molar-refractivity contribution is -0.375. The molecular weight excluding hydrogens is 608 g/mol. The van der Waals surface area contributed by atoms with Crippen molar-refractivity contribution in [3.63, 3.8) is 0 Å². The molecule has 0 saturated carbocycles. The van der Waals surface area contributed by atoms with E-state index in [4.69, 9.17) is 24.1 Å². The first-order valence-corrected chi connectivity index (χ1v) is 15.4. The second-order valence-electron chi connectivity index (χ2n) is 12.2. The molecule has 2 fully saturated rings. The first-order chi connectivity index (χ1) is 21.6. The summed E-state index contributed by atoms with van der Waals surface area (Å²) in [6.45, 7) is 9.51. The molecular formula is C32H52O14. The van der Waals surface area contributed by atoms with Crippen molar-refractivity contribution in [2.45, 2.75) is 133 Å². The second-order valence-corrected chi connectivity index (χ2v) is 12.2. The van der Waals surface area contributed by atoms with Crippen LogP contribution in [0.4, 0.5) is 0 Å². The predicted molar refractivity (Wildman–Crippen MR) is 164 cm³/mol. The number of hydrogen-bond acceptors (Lipinski definition) is 13. The smallest absolute Gasteiger partial charge is 0.331 e. The molecule has 0 aromatic rings. The Hall–Kier alpha value is -2.05. The van der Waals surface area contributed by atoms with Gasteiger partial charge < -0.3 is 64.9 Å². The molecule has 0 aromatic carbocycles. The highest BCUT2D eigenvalue weighted by molar-refractivity contribution is 5.85. The average molecular weight is 661 g/mol. The number of aliphatic carboxylic acids is 1. The van der Waals surface area contributed by atoms with Crippen molar-refractivity contribution in [2.24, 2.45) is 0 Å². The molecule has 2 aliphatic rings. The minimum atomic E-state index is -1.78. The highest BCUT2D eigenvalue weighted by Crippen LogP contribution is 2.33. The third kappa shape index (κ3) is 11.3. The zero-order valence-electron chi connectivity index (χ0n) is 26.9. The van der Waals surface area contributed by atoms with E-state index in [1.165, 1.54) is 19.1 Å². The molecule has 2 aliphatic heterocycles. The van der Waals surface area contributed by atoms with E-state index in [1.807, 2.05) is 26.0 Å². The lowest BCUT2D eigenvalue weighted by Crippen LogP contribution is -2.65. The summed E-state index contributed by atoms with van der Waals surface area (Å²) in [7, 11) is 0. The maximum absolute atomic E-state index is 10.9. The zero-order valence-corrected chi connectivity index (χ0v) is 26.9. The molecule has 0 aromatic heterocycles. The summed E-state index contributed by atoms with van der Waals surface area (Å²) in [5.41, 5.74) is 1.05. The quantitative estimate of drug-likeness (QED) is 0.0727. The van der Waals surface area contributed by atoms with Gasteiger partial charge in [0.2, 0.25) is 0 Å². The molecule has 9 N–H and O–H groups in total. The van der Waals surface area contributed by atoms with Gasteiger partial charge in [-0.2, -0.15) is 0 Å². The molecule has 0 amide bonds. The number of ether oxygens (including phenoxy) is 4. The van der Waals surface area contributed by atoms with Crippen LogP contribution in [0.2, 0.25) is 0 Å². The van der Waals surface area contributed by atoms with E-state index in [0.717, 1.165) is 17.6 Å². The van der Waals surface area contributed by atoms with Gasteiger partial charge in [0.1, 0.15) is 48.8 Å². The van der Waals surface area contributed by atoms with Crippen molar-refractivity contribution in [1.29, 1.82) is 0 Å².